The molecule has 6 heteroatoms. The Labute approximate surface area is 125 Å². The highest BCUT2D eigenvalue weighted by Gasteiger charge is 2.21. The molecule has 0 saturated heterocycles. The molecule has 22 heavy (non-hydrogen) atoms. The molecule has 6 nitrogen and oxygen atoms in total. The van der Waals surface area contributed by atoms with Crippen LogP contribution in [0, 0.1) is 0 Å². The van der Waals surface area contributed by atoms with Crippen molar-refractivity contribution in [1.29, 1.82) is 0 Å². The molecule has 0 aromatic heterocycles. The lowest BCUT2D eigenvalue weighted by Crippen LogP contribution is -2.12. The number of hydrogen-bond donors (Lipinski definition) is 3. The summed E-state index contributed by atoms with van der Waals surface area (Å²) in [6.45, 7) is 0. The highest BCUT2D eigenvalue weighted by Crippen LogP contribution is 2.21. The monoisotopic (exact) mass is 300 g/mol. The van der Waals surface area contributed by atoms with Crippen LogP contribution in [0.15, 0.2) is 42.5 Å². The number of carboxylic acid groups (broad SMARTS) is 3. The molecule has 0 heterocycles. The first-order valence-electron chi connectivity index (χ1n) is 6.31. The van der Waals surface area contributed by atoms with Crippen molar-refractivity contribution in [3.8, 4) is 0 Å². The maximum atomic E-state index is 11.4. The maximum Gasteiger partial charge on any atom is 0.336 e. The number of hydrogen-bond acceptors (Lipinski definition) is 3. The van der Waals surface area contributed by atoms with Gasteiger partial charge in [0.2, 0.25) is 0 Å². The molecular formula is C16H12O6. The Kier molecular flexibility index (Phi) is 4.22. The first-order chi connectivity index (χ1) is 10.4. The molecule has 0 spiro atoms. The zero-order chi connectivity index (χ0) is 16.3. The Hall–Kier alpha value is -3.15. The van der Waals surface area contributed by atoms with Gasteiger partial charge in [0.05, 0.1) is 16.7 Å². The molecule has 2 aromatic rings. The summed E-state index contributed by atoms with van der Waals surface area (Å²) in [5.41, 5.74) is 0.0775. The largest absolute Gasteiger partial charge is 0.478 e. The minimum absolute atomic E-state index is 0.0191. The zero-order valence-electron chi connectivity index (χ0n) is 11.3. The van der Waals surface area contributed by atoms with Crippen LogP contribution in [0.1, 0.15) is 42.2 Å². The van der Waals surface area contributed by atoms with Gasteiger partial charge in [-0.1, -0.05) is 30.3 Å². The van der Waals surface area contributed by atoms with Crippen LogP contribution in [-0.4, -0.2) is 33.2 Å². The average molecular weight is 300 g/mol. The summed E-state index contributed by atoms with van der Waals surface area (Å²) in [6.07, 6.45) is 0.0191. The third kappa shape index (κ3) is 2.95. The van der Waals surface area contributed by atoms with Gasteiger partial charge in [-0.25, -0.2) is 14.4 Å². The second-order valence-electron chi connectivity index (χ2n) is 4.59. The summed E-state index contributed by atoms with van der Waals surface area (Å²) in [7, 11) is 0. The third-order valence-corrected chi connectivity index (χ3v) is 3.22. The van der Waals surface area contributed by atoms with E-state index in [1.807, 2.05) is 0 Å². The first-order valence-corrected chi connectivity index (χ1v) is 6.31. The van der Waals surface area contributed by atoms with Gasteiger partial charge < -0.3 is 15.3 Å². The number of aromatic carboxylic acids is 3. The summed E-state index contributed by atoms with van der Waals surface area (Å²) < 4.78 is 0. The smallest absolute Gasteiger partial charge is 0.336 e. The molecule has 0 saturated carbocycles. The van der Waals surface area contributed by atoms with Crippen LogP contribution in [0.5, 0.6) is 0 Å². The normalized spacial score (nSPS) is 10.2. The summed E-state index contributed by atoms with van der Waals surface area (Å²) >= 11 is 0. The van der Waals surface area contributed by atoms with Crippen LogP contribution in [0.4, 0.5) is 0 Å². The Morgan fingerprint density at radius 2 is 1.23 bits per heavy atom. The van der Waals surface area contributed by atoms with Crippen LogP contribution in [0.25, 0.3) is 0 Å². The van der Waals surface area contributed by atoms with Gasteiger partial charge in [-0.3, -0.25) is 0 Å². The third-order valence-electron chi connectivity index (χ3n) is 3.22. The average Bonchev–Trinajstić information content (AvgIpc) is 2.47. The second-order valence-corrected chi connectivity index (χ2v) is 4.59. The van der Waals surface area contributed by atoms with Crippen molar-refractivity contribution in [2.75, 3.05) is 0 Å². The standard InChI is InChI=1S/C16H12O6/c17-14(18)11-6-2-1-4-9(11)8-10-5-3-7-12(15(19)20)13(10)16(21)22/h1-7H,8H2,(H,17,18)(H,19,20)(H,21,22). The summed E-state index contributed by atoms with van der Waals surface area (Å²) in [5.74, 6) is -3.83. The molecule has 2 aromatic carbocycles. The van der Waals surface area contributed by atoms with E-state index >= 15 is 0 Å². The second kappa shape index (κ2) is 6.09. The van der Waals surface area contributed by atoms with Gasteiger partial charge in [0.25, 0.3) is 0 Å². The number of carbonyl (C=O) groups is 3. The number of benzene rings is 2. The highest BCUT2D eigenvalue weighted by atomic mass is 16.4. The van der Waals surface area contributed by atoms with E-state index < -0.39 is 17.9 Å². The lowest BCUT2D eigenvalue weighted by Gasteiger charge is -2.11. The van der Waals surface area contributed by atoms with Crippen molar-refractivity contribution in [3.05, 3.63) is 70.3 Å². The van der Waals surface area contributed by atoms with E-state index in [1.165, 1.54) is 24.3 Å². The van der Waals surface area contributed by atoms with E-state index in [1.54, 1.807) is 18.2 Å². The molecule has 0 unspecified atom stereocenters. The van der Waals surface area contributed by atoms with E-state index in [2.05, 4.69) is 0 Å². The van der Waals surface area contributed by atoms with Gasteiger partial charge in [0.1, 0.15) is 0 Å². The Morgan fingerprint density at radius 1 is 0.682 bits per heavy atom. The summed E-state index contributed by atoms with van der Waals surface area (Å²) in [6, 6.07) is 10.3. The molecule has 2 rings (SSSR count). The van der Waals surface area contributed by atoms with E-state index in [9.17, 15) is 19.5 Å². The van der Waals surface area contributed by atoms with E-state index in [-0.39, 0.29) is 28.7 Å². The Morgan fingerprint density at radius 3 is 1.82 bits per heavy atom. The van der Waals surface area contributed by atoms with Gasteiger partial charge in [0, 0.05) is 0 Å². The molecule has 0 amide bonds. The van der Waals surface area contributed by atoms with Gasteiger partial charge in [-0.05, 0) is 29.7 Å². The van der Waals surface area contributed by atoms with E-state index in [0.29, 0.717) is 5.56 Å². The molecule has 0 fully saturated rings. The van der Waals surface area contributed by atoms with Crippen molar-refractivity contribution in [1.82, 2.24) is 0 Å². The molecule has 0 aliphatic rings. The highest BCUT2D eigenvalue weighted by molar-refractivity contribution is 6.03. The molecule has 0 bridgehead atoms. The van der Waals surface area contributed by atoms with Gasteiger partial charge in [0.15, 0.2) is 0 Å². The predicted octanol–water partition coefficient (Wildman–Crippen LogP) is 2.37. The van der Waals surface area contributed by atoms with E-state index in [0.717, 1.165) is 0 Å². The fourth-order valence-electron chi connectivity index (χ4n) is 2.27. The molecule has 0 aliphatic heterocycles. The Bertz CT molecular complexity index is 763. The van der Waals surface area contributed by atoms with Crippen molar-refractivity contribution >= 4 is 17.9 Å². The van der Waals surface area contributed by atoms with Crippen molar-refractivity contribution in [3.63, 3.8) is 0 Å². The molecular weight excluding hydrogens is 288 g/mol. The first kappa shape index (κ1) is 15.2. The van der Waals surface area contributed by atoms with Gasteiger partial charge in [-0.2, -0.15) is 0 Å². The fourth-order valence-corrected chi connectivity index (χ4v) is 2.27. The number of rotatable bonds is 5. The topological polar surface area (TPSA) is 112 Å². The fraction of sp³-hybridized carbons (Fsp3) is 0.0625. The van der Waals surface area contributed by atoms with Crippen molar-refractivity contribution in [2.24, 2.45) is 0 Å². The maximum absolute atomic E-state index is 11.4. The Balaban J connectivity index is 2.56. The van der Waals surface area contributed by atoms with Gasteiger partial charge in [-0.15, -0.1) is 0 Å². The van der Waals surface area contributed by atoms with E-state index in [4.69, 9.17) is 10.2 Å². The van der Waals surface area contributed by atoms with Crippen LogP contribution >= 0.6 is 0 Å². The molecule has 0 radical (unpaired) electrons. The summed E-state index contributed by atoms with van der Waals surface area (Å²) in [4.78, 5) is 33.7. The minimum Gasteiger partial charge on any atom is -0.478 e. The molecule has 0 atom stereocenters. The van der Waals surface area contributed by atoms with Crippen LogP contribution < -0.4 is 0 Å². The lowest BCUT2D eigenvalue weighted by atomic mass is 9.93. The molecule has 112 valence electrons. The predicted molar refractivity (Wildman–Crippen MR) is 76.6 cm³/mol. The van der Waals surface area contributed by atoms with Crippen LogP contribution in [0.3, 0.4) is 0 Å². The lowest BCUT2D eigenvalue weighted by molar-refractivity contribution is 0.0650. The number of carboxylic acids is 3. The molecule has 0 aliphatic carbocycles. The van der Waals surface area contributed by atoms with Crippen molar-refractivity contribution in [2.45, 2.75) is 6.42 Å². The zero-order valence-corrected chi connectivity index (χ0v) is 11.3. The SMILES string of the molecule is O=C(O)c1ccccc1Cc1cccc(C(=O)O)c1C(=O)O. The quantitative estimate of drug-likeness (QED) is 0.781. The minimum atomic E-state index is -1.36. The summed E-state index contributed by atoms with van der Waals surface area (Å²) in [5, 5.41) is 27.5. The van der Waals surface area contributed by atoms with Crippen LogP contribution in [-0.2, 0) is 6.42 Å². The van der Waals surface area contributed by atoms with Gasteiger partial charge >= 0.3 is 17.9 Å². The van der Waals surface area contributed by atoms with Crippen molar-refractivity contribution < 1.29 is 29.7 Å². The van der Waals surface area contributed by atoms with Crippen LogP contribution in [0.2, 0.25) is 0 Å². The molecule has 3 N–H and O–H groups in total.